The van der Waals surface area contributed by atoms with Crippen LogP contribution in [0.2, 0.25) is 5.02 Å². The van der Waals surface area contributed by atoms with E-state index in [-0.39, 0.29) is 11.6 Å². The van der Waals surface area contributed by atoms with Gasteiger partial charge in [-0.2, -0.15) is 0 Å². The van der Waals surface area contributed by atoms with Gasteiger partial charge in [0.2, 0.25) is 0 Å². The Kier molecular flexibility index (Phi) is 4.92. The average Bonchev–Trinajstić information content (AvgIpc) is 3.23. The normalized spacial score (nSPS) is 12.4. The molecular formula is C23H18ClN5OS. The first kappa shape index (κ1) is 19.7. The van der Waals surface area contributed by atoms with Crippen LogP contribution in [0.3, 0.4) is 0 Å². The Labute approximate surface area is 187 Å². The highest BCUT2D eigenvalue weighted by atomic mass is 35.5. The fraction of sp³-hybridized carbons (Fsp3) is 0.130. The highest BCUT2D eigenvalue weighted by Gasteiger charge is 2.19. The van der Waals surface area contributed by atoms with Crippen LogP contribution in [0.25, 0.3) is 26.8 Å². The van der Waals surface area contributed by atoms with Gasteiger partial charge in [0.05, 0.1) is 22.0 Å². The molecule has 1 N–H and O–H groups in total. The number of nitrogens with zero attached hydrogens (tertiary/aromatic N) is 4. The van der Waals surface area contributed by atoms with E-state index >= 15 is 0 Å². The maximum atomic E-state index is 13.6. The van der Waals surface area contributed by atoms with Crippen molar-refractivity contribution in [2.24, 2.45) is 0 Å². The van der Waals surface area contributed by atoms with Crippen molar-refractivity contribution in [3.05, 3.63) is 87.0 Å². The molecule has 0 spiro atoms. The Morgan fingerprint density at radius 1 is 1.10 bits per heavy atom. The Bertz CT molecular complexity index is 1490. The van der Waals surface area contributed by atoms with Crippen LogP contribution >= 0.6 is 22.9 Å². The SMILES string of the molecule is Cc1cccc(-n2c([C@H](C)Nc3ncnc4scnc34)cc3cccc(Cl)c3c2=O)c1. The standard InChI is InChI=1S/C23H18ClN5OS/c1-13-5-3-7-16(9-13)29-18(10-15-6-4-8-17(24)19(15)23(29)30)14(2)28-21-20-22(26-11-25-21)31-12-27-20/h3-12,14H,1-2H3,(H,25,26,28)/t14-/m0/s1. The largest absolute Gasteiger partial charge is 0.360 e. The van der Waals surface area contributed by atoms with Crippen molar-refractivity contribution in [3.63, 3.8) is 0 Å². The number of thiazole rings is 1. The second kappa shape index (κ2) is 7.76. The van der Waals surface area contributed by atoms with E-state index in [9.17, 15) is 4.79 Å². The number of anilines is 1. The van der Waals surface area contributed by atoms with Crippen molar-refractivity contribution in [2.75, 3.05) is 5.32 Å². The molecule has 5 aromatic rings. The fourth-order valence-electron chi connectivity index (χ4n) is 3.77. The number of halogens is 1. The van der Waals surface area contributed by atoms with E-state index in [1.54, 1.807) is 16.1 Å². The molecule has 0 aliphatic rings. The lowest BCUT2D eigenvalue weighted by molar-refractivity contribution is 0.773. The topological polar surface area (TPSA) is 72.7 Å². The molecule has 8 heteroatoms. The number of nitrogens with one attached hydrogen (secondary N) is 1. The van der Waals surface area contributed by atoms with E-state index < -0.39 is 0 Å². The van der Waals surface area contributed by atoms with Gasteiger partial charge in [0.15, 0.2) is 5.82 Å². The predicted octanol–water partition coefficient (Wildman–Crippen LogP) is 5.53. The molecule has 0 radical (unpaired) electrons. The molecule has 154 valence electrons. The van der Waals surface area contributed by atoms with Crippen molar-refractivity contribution in [1.82, 2.24) is 19.5 Å². The van der Waals surface area contributed by atoms with E-state index in [0.29, 0.717) is 21.7 Å². The molecule has 0 saturated carbocycles. The fourth-order valence-corrected chi connectivity index (χ4v) is 4.66. The minimum absolute atomic E-state index is 0.154. The Morgan fingerprint density at radius 3 is 2.77 bits per heavy atom. The van der Waals surface area contributed by atoms with Gasteiger partial charge in [-0.1, -0.05) is 35.9 Å². The molecule has 2 aromatic carbocycles. The summed E-state index contributed by atoms with van der Waals surface area (Å²) < 4.78 is 1.72. The number of benzene rings is 2. The lowest BCUT2D eigenvalue weighted by atomic mass is 10.1. The highest BCUT2D eigenvalue weighted by Crippen LogP contribution is 2.29. The molecule has 5 rings (SSSR count). The molecular weight excluding hydrogens is 430 g/mol. The van der Waals surface area contributed by atoms with Crippen molar-refractivity contribution < 1.29 is 0 Å². The van der Waals surface area contributed by atoms with E-state index in [2.05, 4.69) is 20.3 Å². The van der Waals surface area contributed by atoms with Gasteiger partial charge in [0, 0.05) is 11.4 Å². The number of aryl methyl sites for hydroxylation is 1. The van der Waals surface area contributed by atoms with Gasteiger partial charge in [-0.15, -0.1) is 11.3 Å². The summed E-state index contributed by atoms with van der Waals surface area (Å²) in [6.45, 7) is 4.00. The van der Waals surface area contributed by atoms with Crippen molar-refractivity contribution in [1.29, 1.82) is 0 Å². The monoisotopic (exact) mass is 447 g/mol. The number of rotatable bonds is 4. The van der Waals surface area contributed by atoms with E-state index in [1.807, 2.05) is 56.3 Å². The second-order valence-electron chi connectivity index (χ2n) is 7.35. The summed E-state index contributed by atoms with van der Waals surface area (Å²) in [5.41, 5.74) is 4.96. The van der Waals surface area contributed by atoms with Crippen LogP contribution in [0.1, 0.15) is 24.2 Å². The van der Waals surface area contributed by atoms with Crippen molar-refractivity contribution >= 4 is 49.9 Å². The summed E-state index contributed by atoms with van der Waals surface area (Å²) in [4.78, 5) is 27.4. The van der Waals surface area contributed by atoms with Crippen molar-refractivity contribution in [2.45, 2.75) is 19.9 Å². The third-order valence-electron chi connectivity index (χ3n) is 5.22. The summed E-state index contributed by atoms with van der Waals surface area (Å²) in [5.74, 6) is 0.633. The lowest BCUT2D eigenvalue weighted by Crippen LogP contribution is -2.26. The zero-order chi connectivity index (χ0) is 21.5. The van der Waals surface area contributed by atoms with Crippen LogP contribution in [0.5, 0.6) is 0 Å². The van der Waals surface area contributed by atoms with E-state index in [1.165, 1.54) is 17.7 Å². The maximum absolute atomic E-state index is 13.6. The molecule has 0 fully saturated rings. The molecule has 1 atom stereocenters. The van der Waals surface area contributed by atoms with Crippen LogP contribution in [-0.2, 0) is 0 Å². The zero-order valence-corrected chi connectivity index (χ0v) is 18.4. The van der Waals surface area contributed by atoms with Crippen LogP contribution in [0.4, 0.5) is 5.82 Å². The smallest absolute Gasteiger partial charge is 0.264 e. The Morgan fingerprint density at radius 2 is 1.94 bits per heavy atom. The third kappa shape index (κ3) is 3.45. The predicted molar refractivity (Wildman–Crippen MR) is 127 cm³/mol. The van der Waals surface area contributed by atoms with Gasteiger partial charge in [0.25, 0.3) is 5.56 Å². The Hall–Kier alpha value is -3.29. The van der Waals surface area contributed by atoms with E-state index in [4.69, 9.17) is 11.6 Å². The van der Waals surface area contributed by atoms with E-state index in [0.717, 1.165) is 27.2 Å². The van der Waals surface area contributed by atoms with Crippen LogP contribution in [-0.4, -0.2) is 19.5 Å². The van der Waals surface area contributed by atoms with Crippen molar-refractivity contribution in [3.8, 4) is 5.69 Å². The van der Waals surface area contributed by atoms with Gasteiger partial charge in [-0.3, -0.25) is 9.36 Å². The maximum Gasteiger partial charge on any atom is 0.264 e. The first-order valence-electron chi connectivity index (χ1n) is 9.75. The summed E-state index contributed by atoms with van der Waals surface area (Å²) in [6, 6.07) is 15.1. The van der Waals surface area contributed by atoms with Gasteiger partial charge >= 0.3 is 0 Å². The highest BCUT2D eigenvalue weighted by molar-refractivity contribution is 7.16. The number of fused-ring (bicyclic) bond motifs is 2. The summed E-state index contributed by atoms with van der Waals surface area (Å²) in [7, 11) is 0. The first-order chi connectivity index (χ1) is 15.0. The Balaban J connectivity index is 1.72. The molecule has 0 saturated heterocycles. The average molecular weight is 448 g/mol. The van der Waals surface area contributed by atoms with Gasteiger partial charge in [0.1, 0.15) is 16.7 Å². The molecule has 0 unspecified atom stereocenters. The van der Waals surface area contributed by atoms with Crippen LogP contribution in [0, 0.1) is 6.92 Å². The van der Waals surface area contributed by atoms with Crippen LogP contribution < -0.4 is 10.9 Å². The minimum atomic E-state index is -0.239. The van der Waals surface area contributed by atoms with Gasteiger partial charge < -0.3 is 5.32 Å². The lowest BCUT2D eigenvalue weighted by Gasteiger charge is -2.22. The number of pyridine rings is 1. The number of hydrogen-bond donors (Lipinski definition) is 1. The quantitative estimate of drug-likeness (QED) is 0.392. The summed E-state index contributed by atoms with van der Waals surface area (Å²) in [6.07, 6.45) is 1.52. The minimum Gasteiger partial charge on any atom is -0.360 e. The summed E-state index contributed by atoms with van der Waals surface area (Å²) >= 11 is 7.87. The molecule has 0 aliphatic carbocycles. The second-order valence-corrected chi connectivity index (χ2v) is 8.59. The molecule has 3 aromatic heterocycles. The first-order valence-corrected chi connectivity index (χ1v) is 11.0. The van der Waals surface area contributed by atoms with Crippen LogP contribution in [0.15, 0.2) is 65.2 Å². The zero-order valence-electron chi connectivity index (χ0n) is 16.8. The van der Waals surface area contributed by atoms with Gasteiger partial charge in [-0.25, -0.2) is 15.0 Å². The number of aromatic nitrogens is 4. The summed E-state index contributed by atoms with van der Waals surface area (Å²) in [5, 5.41) is 5.16. The molecule has 31 heavy (non-hydrogen) atoms. The molecule has 0 bridgehead atoms. The molecule has 3 heterocycles. The molecule has 6 nitrogen and oxygen atoms in total. The molecule has 0 aliphatic heterocycles. The third-order valence-corrected chi connectivity index (χ3v) is 6.26. The van der Waals surface area contributed by atoms with Gasteiger partial charge in [-0.05, 0) is 49.1 Å². The molecule has 0 amide bonds. The number of hydrogen-bond acceptors (Lipinski definition) is 6.